The minimum atomic E-state index is -0.196. The zero-order chi connectivity index (χ0) is 25.6. The highest BCUT2D eigenvalue weighted by Crippen LogP contribution is 2.17. The molecule has 0 aromatic heterocycles. The van der Waals surface area contributed by atoms with Crippen LogP contribution in [0.15, 0.2) is 0 Å². The maximum Gasteiger partial charge on any atom is 0.302 e. The highest BCUT2D eigenvalue weighted by Gasteiger charge is 2.14. The van der Waals surface area contributed by atoms with Crippen LogP contribution in [0.25, 0.3) is 0 Å². The van der Waals surface area contributed by atoms with E-state index in [1.54, 1.807) is 13.8 Å². The predicted octanol–water partition coefficient (Wildman–Crippen LogP) is 7.22. The van der Waals surface area contributed by atoms with Gasteiger partial charge in [0, 0.05) is 19.8 Å². The average molecular weight is 471 g/mol. The van der Waals surface area contributed by atoms with Crippen LogP contribution in [-0.4, -0.2) is 34.9 Å². The van der Waals surface area contributed by atoms with Gasteiger partial charge in [-0.25, -0.2) is 0 Å². The van der Waals surface area contributed by atoms with Gasteiger partial charge in [-0.05, 0) is 65.2 Å². The summed E-state index contributed by atoms with van der Waals surface area (Å²) in [5, 5.41) is 9.29. The second-order valence-electron chi connectivity index (χ2n) is 10.0. The number of unbranched alkanes of at least 4 members (excludes halogenated alkanes) is 8. The van der Waals surface area contributed by atoms with Crippen molar-refractivity contribution in [2.24, 2.45) is 11.8 Å². The summed E-state index contributed by atoms with van der Waals surface area (Å²) in [7, 11) is 0. The quantitative estimate of drug-likeness (QED) is 0.159. The fourth-order valence-electron chi connectivity index (χ4n) is 3.60. The maximum atomic E-state index is 10.8. The zero-order valence-corrected chi connectivity index (χ0v) is 22.8. The van der Waals surface area contributed by atoms with Crippen molar-refractivity contribution < 1.29 is 24.2 Å². The Balaban J connectivity index is 0. The van der Waals surface area contributed by atoms with Crippen molar-refractivity contribution in [3.63, 3.8) is 0 Å². The molecule has 0 aliphatic rings. The van der Waals surface area contributed by atoms with E-state index in [4.69, 9.17) is 4.74 Å². The third kappa shape index (κ3) is 26.9. The lowest BCUT2D eigenvalue weighted by Crippen LogP contribution is -2.20. The van der Waals surface area contributed by atoms with Crippen LogP contribution < -0.4 is 0 Å². The Hall–Kier alpha value is -1.23. The SMILES string of the molecule is CC(=O)CCCCCCC[C@@H](C)C(C)OC(C)=O.CC(=O)CCCCCCC[C@@H](C)[C@H](C)O. The molecule has 0 bridgehead atoms. The Kier molecular flexibility index (Phi) is 23.2. The number of ketones is 2. The molecule has 0 aromatic carbocycles. The Bertz CT molecular complexity index is 501. The molecule has 0 saturated heterocycles. The van der Waals surface area contributed by atoms with Crippen molar-refractivity contribution in [2.75, 3.05) is 0 Å². The highest BCUT2D eigenvalue weighted by atomic mass is 16.5. The van der Waals surface area contributed by atoms with Gasteiger partial charge in [-0.2, -0.15) is 0 Å². The van der Waals surface area contributed by atoms with Gasteiger partial charge >= 0.3 is 5.97 Å². The molecule has 1 N–H and O–H groups in total. The number of aliphatic hydroxyl groups excluding tert-OH is 1. The molecule has 4 atom stereocenters. The summed E-state index contributed by atoms with van der Waals surface area (Å²) < 4.78 is 5.16. The summed E-state index contributed by atoms with van der Waals surface area (Å²) in [6.07, 6.45) is 15.1. The van der Waals surface area contributed by atoms with Crippen LogP contribution in [0.5, 0.6) is 0 Å². The van der Waals surface area contributed by atoms with Crippen molar-refractivity contribution in [1.29, 1.82) is 0 Å². The number of rotatable bonds is 19. The lowest BCUT2D eigenvalue weighted by Gasteiger charge is -2.19. The summed E-state index contributed by atoms with van der Waals surface area (Å²) in [5.74, 6) is 1.24. The molecule has 0 aliphatic carbocycles. The number of hydrogen-bond donors (Lipinski definition) is 1. The van der Waals surface area contributed by atoms with Gasteiger partial charge in [-0.15, -0.1) is 0 Å². The molecule has 1 unspecified atom stereocenters. The molecule has 0 spiro atoms. The van der Waals surface area contributed by atoms with E-state index in [0.717, 1.165) is 44.9 Å². The van der Waals surface area contributed by atoms with Gasteiger partial charge in [0.05, 0.1) is 6.10 Å². The monoisotopic (exact) mass is 470 g/mol. The predicted molar refractivity (Wildman–Crippen MR) is 137 cm³/mol. The Morgan fingerprint density at radius 3 is 1.33 bits per heavy atom. The number of esters is 1. The van der Waals surface area contributed by atoms with Gasteiger partial charge in [0.25, 0.3) is 0 Å². The summed E-state index contributed by atoms with van der Waals surface area (Å²) in [6, 6.07) is 0. The molecule has 5 nitrogen and oxygen atoms in total. The van der Waals surface area contributed by atoms with E-state index < -0.39 is 0 Å². The summed E-state index contributed by atoms with van der Waals surface area (Å²) >= 11 is 0. The standard InChI is InChI=1S/C15H28O3.C13H26O2/c1-12(14(3)18-15(4)17)10-8-6-5-7-9-11-13(2)16;1-11(13(3)15)9-7-5-4-6-8-10-12(2)14/h12,14H,5-11H2,1-4H3;11,13,15H,4-10H2,1-3H3/t12-,14?;11-,13+/m11/s1. The van der Waals surface area contributed by atoms with Crippen molar-refractivity contribution in [2.45, 2.75) is 151 Å². The lowest BCUT2D eigenvalue weighted by atomic mass is 9.97. The van der Waals surface area contributed by atoms with Crippen LogP contribution in [0.3, 0.4) is 0 Å². The third-order valence-corrected chi connectivity index (χ3v) is 6.35. The maximum absolute atomic E-state index is 10.8. The van der Waals surface area contributed by atoms with Gasteiger partial charge in [0.2, 0.25) is 0 Å². The minimum absolute atomic E-state index is 0.0141. The van der Waals surface area contributed by atoms with E-state index in [2.05, 4.69) is 13.8 Å². The minimum Gasteiger partial charge on any atom is -0.463 e. The molecular formula is C28H54O5. The largest absolute Gasteiger partial charge is 0.463 e. The normalized spacial score (nSPS) is 14.4. The second-order valence-corrected chi connectivity index (χ2v) is 10.0. The van der Waals surface area contributed by atoms with Crippen molar-refractivity contribution in [3.8, 4) is 0 Å². The summed E-state index contributed by atoms with van der Waals surface area (Å²) in [5.41, 5.74) is 0. The molecule has 0 radical (unpaired) electrons. The van der Waals surface area contributed by atoms with Gasteiger partial charge in [-0.3, -0.25) is 4.79 Å². The molecule has 0 aromatic rings. The number of carbonyl (C=O) groups is 3. The molecule has 0 aliphatic heterocycles. The first-order valence-electron chi connectivity index (χ1n) is 13.3. The first-order valence-corrected chi connectivity index (χ1v) is 13.3. The van der Waals surface area contributed by atoms with Crippen LogP contribution in [0, 0.1) is 11.8 Å². The van der Waals surface area contributed by atoms with E-state index >= 15 is 0 Å². The number of ether oxygens (including phenoxy) is 1. The fraction of sp³-hybridized carbons (Fsp3) is 0.893. The van der Waals surface area contributed by atoms with Crippen molar-refractivity contribution in [1.82, 2.24) is 0 Å². The van der Waals surface area contributed by atoms with E-state index in [9.17, 15) is 19.5 Å². The van der Waals surface area contributed by atoms with Crippen LogP contribution >= 0.6 is 0 Å². The smallest absolute Gasteiger partial charge is 0.302 e. The molecule has 5 heteroatoms. The molecule has 33 heavy (non-hydrogen) atoms. The van der Waals surface area contributed by atoms with E-state index in [1.165, 1.54) is 51.9 Å². The second kappa shape index (κ2) is 22.6. The number of hydrogen-bond acceptors (Lipinski definition) is 5. The first-order chi connectivity index (χ1) is 15.5. The van der Waals surface area contributed by atoms with Gasteiger partial charge in [0.15, 0.2) is 0 Å². The Labute approximate surface area is 204 Å². The molecule has 0 rings (SSSR count). The fourth-order valence-corrected chi connectivity index (χ4v) is 3.60. The molecular weight excluding hydrogens is 416 g/mol. The van der Waals surface area contributed by atoms with E-state index in [0.29, 0.717) is 23.4 Å². The number of aliphatic hydroxyl groups is 1. The average Bonchev–Trinajstić information content (AvgIpc) is 2.71. The van der Waals surface area contributed by atoms with E-state index in [1.807, 2.05) is 13.8 Å². The van der Waals surface area contributed by atoms with Gasteiger partial charge in [0.1, 0.15) is 17.7 Å². The summed E-state index contributed by atoms with van der Waals surface area (Å²) in [6.45, 7) is 12.8. The molecule has 0 heterocycles. The van der Waals surface area contributed by atoms with Crippen molar-refractivity contribution >= 4 is 17.5 Å². The third-order valence-electron chi connectivity index (χ3n) is 6.35. The molecule has 196 valence electrons. The van der Waals surface area contributed by atoms with E-state index in [-0.39, 0.29) is 18.2 Å². The van der Waals surface area contributed by atoms with Crippen LogP contribution in [-0.2, 0) is 19.1 Å². The Morgan fingerprint density at radius 1 is 0.606 bits per heavy atom. The summed E-state index contributed by atoms with van der Waals surface area (Å²) in [4.78, 5) is 32.2. The zero-order valence-electron chi connectivity index (χ0n) is 22.8. The van der Waals surface area contributed by atoms with Crippen LogP contribution in [0.2, 0.25) is 0 Å². The van der Waals surface area contributed by atoms with Gasteiger partial charge in [-0.1, -0.05) is 65.2 Å². The Morgan fingerprint density at radius 2 is 0.970 bits per heavy atom. The van der Waals surface area contributed by atoms with Crippen LogP contribution in [0.1, 0.15) is 138 Å². The molecule has 0 saturated carbocycles. The number of Topliss-reactive ketones (excluding diaryl/α,β-unsaturated/α-hetero) is 2. The van der Waals surface area contributed by atoms with Crippen molar-refractivity contribution in [3.05, 3.63) is 0 Å². The lowest BCUT2D eigenvalue weighted by molar-refractivity contribution is -0.147. The topological polar surface area (TPSA) is 80.7 Å². The molecule has 0 fully saturated rings. The number of carbonyl (C=O) groups excluding carboxylic acids is 3. The highest BCUT2D eigenvalue weighted by molar-refractivity contribution is 5.75. The molecule has 0 amide bonds. The van der Waals surface area contributed by atoms with Crippen LogP contribution in [0.4, 0.5) is 0 Å². The first kappa shape index (κ1) is 33.9. The van der Waals surface area contributed by atoms with Gasteiger partial charge < -0.3 is 19.4 Å².